The van der Waals surface area contributed by atoms with E-state index in [1.807, 2.05) is 74.5 Å². The van der Waals surface area contributed by atoms with Gasteiger partial charge in [-0.05, 0) is 67.4 Å². The Morgan fingerprint density at radius 2 is 1.91 bits per heavy atom. The lowest BCUT2D eigenvalue weighted by Crippen LogP contribution is -2.19. The number of carbonyl (C=O) groups is 1. The third-order valence-electron chi connectivity index (χ3n) is 4.99. The van der Waals surface area contributed by atoms with Gasteiger partial charge >= 0.3 is 0 Å². The van der Waals surface area contributed by atoms with Crippen LogP contribution in [0.2, 0.25) is 0 Å². The zero-order valence-electron chi connectivity index (χ0n) is 18.8. The van der Waals surface area contributed by atoms with Crippen molar-refractivity contribution in [1.82, 2.24) is 20.3 Å². The summed E-state index contributed by atoms with van der Waals surface area (Å²) in [6.45, 7) is 5.92. The highest BCUT2D eigenvalue weighted by Gasteiger charge is 2.08. The first-order valence-corrected chi connectivity index (χ1v) is 10.6. The molecule has 0 fully saturated rings. The number of pyridine rings is 1. The van der Waals surface area contributed by atoms with Crippen molar-refractivity contribution in [3.63, 3.8) is 0 Å². The topological polar surface area (TPSA) is 89.0 Å². The van der Waals surface area contributed by atoms with Crippen molar-refractivity contribution in [3.05, 3.63) is 84.0 Å². The highest BCUT2D eigenvalue weighted by atomic mass is 16.5. The maximum Gasteiger partial charge on any atom is 0.217 e. The molecule has 4 aromatic rings. The van der Waals surface area contributed by atoms with E-state index >= 15 is 0 Å². The molecule has 1 amide bonds. The number of carbonyl (C=O) groups excluding carboxylic acids is 1. The minimum absolute atomic E-state index is 0.0553. The molecule has 0 radical (unpaired) electrons. The monoisotopic (exact) mass is 439 g/mol. The van der Waals surface area contributed by atoms with E-state index in [9.17, 15) is 4.79 Å². The van der Waals surface area contributed by atoms with Gasteiger partial charge in [-0.2, -0.15) is 0 Å². The van der Waals surface area contributed by atoms with Crippen LogP contribution in [0.25, 0.3) is 17.0 Å². The number of hydrogen-bond acceptors (Lipinski definition) is 6. The summed E-state index contributed by atoms with van der Waals surface area (Å²) in [4.78, 5) is 24.1. The summed E-state index contributed by atoms with van der Waals surface area (Å²) in [6, 6.07) is 15.7. The molecule has 0 aliphatic carbocycles. The highest BCUT2D eigenvalue weighted by Crippen LogP contribution is 2.30. The Morgan fingerprint density at radius 3 is 2.67 bits per heavy atom. The lowest BCUT2D eigenvalue weighted by atomic mass is 10.1. The fraction of sp³-hybridized carbons (Fsp3) is 0.154. The second-order valence-corrected chi connectivity index (χ2v) is 7.68. The van der Waals surface area contributed by atoms with Crippen molar-refractivity contribution >= 4 is 34.4 Å². The van der Waals surface area contributed by atoms with Gasteiger partial charge in [0.25, 0.3) is 0 Å². The van der Waals surface area contributed by atoms with Crippen LogP contribution in [0.1, 0.15) is 23.7 Å². The molecule has 2 heterocycles. The molecule has 7 heteroatoms. The summed E-state index contributed by atoms with van der Waals surface area (Å²) in [5.41, 5.74) is 4.67. The predicted molar refractivity (Wildman–Crippen MR) is 131 cm³/mol. The van der Waals surface area contributed by atoms with Crippen LogP contribution >= 0.6 is 0 Å². The van der Waals surface area contributed by atoms with Gasteiger partial charge in [-0.3, -0.25) is 9.78 Å². The zero-order valence-corrected chi connectivity index (χ0v) is 18.8. The summed E-state index contributed by atoms with van der Waals surface area (Å²) < 4.78 is 5.97. The van der Waals surface area contributed by atoms with Gasteiger partial charge < -0.3 is 15.4 Å². The highest BCUT2D eigenvalue weighted by molar-refractivity contribution is 5.92. The SMILES string of the molecule is CC(=O)NC/C=C\c1ccc2ncnc(Nc3ccc(Oc4ccc(C)nc4)c(C)c3)c2c1. The molecule has 2 aromatic heterocycles. The Bertz CT molecular complexity index is 1320. The molecular formula is C26H25N5O2. The molecule has 4 rings (SSSR count). The fourth-order valence-corrected chi connectivity index (χ4v) is 3.30. The molecule has 0 unspecified atom stereocenters. The summed E-state index contributed by atoms with van der Waals surface area (Å²) in [6.07, 6.45) is 7.13. The predicted octanol–water partition coefficient (Wildman–Crippen LogP) is 5.33. The van der Waals surface area contributed by atoms with E-state index in [-0.39, 0.29) is 5.91 Å². The second kappa shape index (κ2) is 9.91. The maximum absolute atomic E-state index is 11.0. The van der Waals surface area contributed by atoms with E-state index in [1.54, 1.807) is 12.5 Å². The fourth-order valence-electron chi connectivity index (χ4n) is 3.30. The number of aromatic nitrogens is 3. The van der Waals surface area contributed by atoms with E-state index in [0.717, 1.165) is 39.2 Å². The van der Waals surface area contributed by atoms with Crippen molar-refractivity contribution in [2.24, 2.45) is 0 Å². The smallest absolute Gasteiger partial charge is 0.217 e. The number of anilines is 2. The van der Waals surface area contributed by atoms with Crippen LogP contribution in [0.15, 0.2) is 67.1 Å². The maximum atomic E-state index is 11.0. The first-order chi connectivity index (χ1) is 16.0. The van der Waals surface area contributed by atoms with Crippen molar-refractivity contribution < 1.29 is 9.53 Å². The Kier molecular flexibility index (Phi) is 6.59. The molecule has 33 heavy (non-hydrogen) atoms. The number of nitrogens with one attached hydrogen (secondary N) is 2. The molecule has 0 spiro atoms. The number of benzene rings is 2. The van der Waals surface area contributed by atoms with Gasteiger partial charge in [0.15, 0.2) is 0 Å². The van der Waals surface area contributed by atoms with Crippen LogP contribution in [-0.4, -0.2) is 27.4 Å². The molecule has 0 saturated carbocycles. The normalized spacial score (nSPS) is 11.0. The molecule has 2 N–H and O–H groups in total. The van der Waals surface area contributed by atoms with Gasteiger partial charge in [0.2, 0.25) is 5.91 Å². The van der Waals surface area contributed by atoms with Gasteiger partial charge in [-0.25, -0.2) is 9.97 Å². The van der Waals surface area contributed by atoms with Crippen LogP contribution in [0.5, 0.6) is 11.5 Å². The van der Waals surface area contributed by atoms with Gasteiger partial charge in [-0.1, -0.05) is 18.2 Å². The molecule has 0 atom stereocenters. The number of aryl methyl sites for hydroxylation is 2. The van der Waals surface area contributed by atoms with E-state index < -0.39 is 0 Å². The minimum atomic E-state index is -0.0553. The lowest BCUT2D eigenvalue weighted by molar-refractivity contribution is -0.118. The Hall–Kier alpha value is -4.26. The van der Waals surface area contributed by atoms with Crippen molar-refractivity contribution in [1.29, 1.82) is 0 Å². The number of ether oxygens (including phenoxy) is 1. The number of amides is 1. The molecule has 0 aliphatic rings. The molecule has 0 saturated heterocycles. The largest absolute Gasteiger partial charge is 0.455 e. The molecule has 166 valence electrons. The third-order valence-corrected chi connectivity index (χ3v) is 4.99. The zero-order chi connectivity index (χ0) is 23.2. The van der Waals surface area contributed by atoms with Gasteiger partial charge in [-0.15, -0.1) is 0 Å². The van der Waals surface area contributed by atoms with Crippen LogP contribution in [0.3, 0.4) is 0 Å². The van der Waals surface area contributed by atoms with Crippen molar-refractivity contribution in [2.75, 3.05) is 11.9 Å². The molecular weight excluding hydrogens is 414 g/mol. The molecule has 2 aromatic carbocycles. The Morgan fingerprint density at radius 1 is 1.03 bits per heavy atom. The summed E-state index contributed by atoms with van der Waals surface area (Å²) in [5, 5.41) is 7.05. The van der Waals surface area contributed by atoms with E-state index in [1.165, 1.54) is 6.92 Å². The standard InChI is InChI=1S/C26H25N5O2/c1-17-13-21(8-11-25(17)33-22-9-6-18(2)28-15-22)31-26-23-14-20(5-4-12-27-19(3)32)7-10-24(23)29-16-30-26/h4-11,13-16H,12H2,1-3H3,(H,27,32)(H,29,30,31)/b5-4-. The first-order valence-electron chi connectivity index (χ1n) is 10.6. The number of rotatable bonds is 7. The lowest BCUT2D eigenvalue weighted by Gasteiger charge is -2.12. The third kappa shape index (κ3) is 5.71. The van der Waals surface area contributed by atoms with Crippen LogP contribution in [0, 0.1) is 13.8 Å². The van der Waals surface area contributed by atoms with Crippen LogP contribution < -0.4 is 15.4 Å². The van der Waals surface area contributed by atoms with E-state index in [2.05, 4.69) is 25.6 Å². The van der Waals surface area contributed by atoms with Crippen molar-refractivity contribution in [3.8, 4) is 11.5 Å². The van der Waals surface area contributed by atoms with Crippen molar-refractivity contribution in [2.45, 2.75) is 20.8 Å². The molecule has 0 aliphatic heterocycles. The van der Waals surface area contributed by atoms with Gasteiger partial charge in [0.1, 0.15) is 23.6 Å². The first kappa shape index (κ1) is 22.0. The number of fused-ring (bicyclic) bond motifs is 1. The van der Waals surface area contributed by atoms with Crippen LogP contribution in [-0.2, 0) is 4.79 Å². The quantitative estimate of drug-likeness (QED) is 0.405. The Labute approximate surface area is 192 Å². The average Bonchev–Trinajstić information content (AvgIpc) is 2.80. The van der Waals surface area contributed by atoms with Crippen LogP contribution in [0.4, 0.5) is 11.5 Å². The number of hydrogen-bond donors (Lipinski definition) is 2. The summed E-state index contributed by atoms with van der Waals surface area (Å²) in [7, 11) is 0. The van der Waals surface area contributed by atoms with Gasteiger partial charge in [0.05, 0.1) is 11.7 Å². The van der Waals surface area contributed by atoms with E-state index in [4.69, 9.17) is 4.74 Å². The van der Waals surface area contributed by atoms with E-state index in [0.29, 0.717) is 18.1 Å². The molecule has 0 bridgehead atoms. The van der Waals surface area contributed by atoms with Gasteiger partial charge in [0, 0.05) is 30.2 Å². The average molecular weight is 440 g/mol. The summed E-state index contributed by atoms with van der Waals surface area (Å²) >= 11 is 0. The minimum Gasteiger partial charge on any atom is -0.455 e. The molecule has 7 nitrogen and oxygen atoms in total. The summed E-state index contributed by atoms with van der Waals surface area (Å²) in [5.74, 6) is 2.13. The number of nitrogens with zero attached hydrogens (tertiary/aromatic N) is 3. The Balaban J connectivity index is 1.54. The second-order valence-electron chi connectivity index (χ2n) is 7.68.